The maximum Gasteiger partial charge on any atom is 0.339 e. The van der Waals surface area contributed by atoms with E-state index in [1.54, 1.807) is 0 Å². The third kappa shape index (κ3) is 3.03. The van der Waals surface area contributed by atoms with E-state index in [2.05, 4.69) is 16.6 Å². The maximum absolute atomic E-state index is 11.4. The number of carbonyl (C=O) groups is 1. The molecule has 1 aromatic carbocycles. The number of aliphatic hydroxyl groups is 1. The monoisotopic (exact) mass is 235 g/mol. The van der Waals surface area contributed by atoms with Gasteiger partial charge < -0.3 is 9.84 Å². The van der Waals surface area contributed by atoms with Gasteiger partial charge in [-0.25, -0.2) is 4.79 Å². The smallest absolute Gasteiger partial charge is 0.339 e. The fraction of sp³-hybridized carbons (Fsp3) is 0.182. The molecule has 0 spiro atoms. The summed E-state index contributed by atoms with van der Waals surface area (Å²) in [5.74, 6) is 4.17. The number of methoxy groups -OCH3 is 1. The summed E-state index contributed by atoms with van der Waals surface area (Å²) in [5, 5.41) is 19.1. The Balaban J connectivity index is 3.31. The predicted octanol–water partition coefficient (Wildman–Crippen LogP) is 0.725. The molecule has 0 radical (unpaired) electrons. The van der Waals surface area contributed by atoms with E-state index >= 15 is 0 Å². The van der Waals surface area contributed by atoms with Crippen molar-refractivity contribution in [2.45, 2.75) is 0 Å². The highest BCUT2D eigenvalue weighted by molar-refractivity contribution is 5.93. The van der Waals surface area contributed by atoms with Crippen LogP contribution in [0.3, 0.4) is 0 Å². The van der Waals surface area contributed by atoms with Crippen LogP contribution in [0, 0.1) is 22.0 Å². The van der Waals surface area contributed by atoms with Gasteiger partial charge in [0, 0.05) is 17.7 Å². The minimum Gasteiger partial charge on any atom is -0.465 e. The summed E-state index contributed by atoms with van der Waals surface area (Å²) in [6, 6.07) is 3.66. The molecule has 1 aromatic rings. The second kappa shape index (κ2) is 5.63. The van der Waals surface area contributed by atoms with Crippen LogP contribution in [-0.2, 0) is 4.74 Å². The third-order valence-electron chi connectivity index (χ3n) is 1.92. The second-order valence-corrected chi connectivity index (χ2v) is 2.94. The van der Waals surface area contributed by atoms with Crippen molar-refractivity contribution in [2.24, 2.45) is 0 Å². The molecule has 17 heavy (non-hydrogen) atoms. The standard InChI is InChI=1S/C11H9NO5/c1-17-11(14)10-7-9(12(15)16)5-4-8(10)3-2-6-13/h4-5,7,13H,6H2,1H3. The highest BCUT2D eigenvalue weighted by atomic mass is 16.6. The number of nitro benzene ring substituents is 1. The molecule has 0 aromatic heterocycles. The first-order chi connectivity index (χ1) is 8.10. The van der Waals surface area contributed by atoms with Crippen LogP contribution in [0.25, 0.3) is 0 Å². The van der Waals surface area contributed by atoms with Crippen LogP contribution in [0.4, 0.5) is 5.69 Å². The number of esters is 1. The number of rotatable bonds is 2. The Kier molecular flexibility index (Phi) is 4.20. The van der Waals surface area contributed by atoms with Crippen molar-refractivity contribution in [3.8, 4) is 11.8 Å². The van der Waals surface area contributed by atoms with Crippen molar-refractivity contribution < 1.29 is 19.6 Å². The first-order valence-electron chi connectivity index (χ1n) is 4.56. The van der Waals surface area contributed by atoms with Crippen LogP contribution in [0.5, 0.6) is 0 Å². The molecule has 0 aliphatic rings. The Labute approximate surface area is 97.0 Å². The lowest BCUT2D eigenvalue weighted by Gasteiger charge is -2.02. The Hall–Kier alpha value is -2.39. The summed E-state index contributed by atoms with van der Waals surface area (Å²) in [5.41, 5.74) is 0.0547. The summed E-state index contributed by atoms with van der Waals surface area (Å²) in [6.07, 6.45) is 0. The number of hydrogen-bond acceptors (Lipinski definition) is 5. The molecule has 88 valence electrons. The summed E-state index contributed by atoms with van der Waals surface area (Å²) in [4.78, 5) is 21.3. The number of non-ortho nitro benzene ring substituents is 1. The lowest BCUT2D eigenvalue weighted by atomic mass is 10.1. The topological polar surface area (TPSA) is 89.7 Å². The molecule has 0 unspecified atom stereocenters. The van der Waals surface area contributed by atoms with Crippen molar-refractivity contribution in [3.05, 3.63) is 39.4 Å². The molecule has 6 nitrogen and oxygen atoms in total. The average Bonchev–Trinajstić information content (AvgIpc) is 2.35. The predicted molar refractivity (Wildman–Crippen MR) is 58.4 cm³/mol. The molecular weight excluding hydrogens is 226 g/mol. The van der Waals surface area contributed by atoms with Gasteiger partial charge in [-0.05, 0) is 6.07 Å². The van der Waals surface area contributed by atoms with Crippen LogP contribution >= 0.6 is 0 Å². The molecule has 0 atom stereocenters. The van der Waals surface area contributed by atoms with E-state index < -0.39 is 10.9 Å². The Morgan fingerprint density at radius 3 is 2.82 bits per heavy atom. The third-order valence-corrected chi connectivity index (χ3v) is 1.92. The van der Waals surface area contributed by atoms with E-state index in [0.29, 0.717) is 0 Å². The number of hydrogen-bond donors (Lipinski definition) is 1. The van der Waals surface area contributed by atoms with Crippen LogP contribution in [0.1, 0.15) is 15.9 Å². The van der Waals surface area contributed by atoms with Gasteiger partial charge in [-0.3, -0.25) is 10.1 Å². The molecule has 0 aliphatic heterocycles. The number of nitro groups is 1. The fourth-order valence-corrected chi connectivity index (χ4v) is 1.17. The molecule has 0 bridgehead atoms. The fourth-order valence-electron chi connectivity index (χ4n) is 1.17. The molecule has 0 aliphatic carbocycles. The van der Waals surface area contributed by atoms with E-state index in [1.807, 2.05) is 0 Å². The molecule has 0 fully saturated rings. The van der Waals surface area contributed by atoms with E-state index in [-0.39, 0.29) is 23.4 Å². The van der Waals surface area contributed by atoms with Gasteiger partial charge in [0.05, 0.1) is 17.6 Å². The van der Waals surface area contributed by atoms with Crippen molar-refractivity contribution in [2.75, 3.05) is 13.7 Å². The van der Waals surface area contributed by atoms with Crippen LogP contribution in [0.2, 0.25) is 0 Å². The summed E-state index contributed by atoms with van der Waals surface area (Å²) in [7, 11) is 1.17. The summed E-state index contributed by atoms with van der Waals surface area (Å²) in [6.45, 7) is -0.363. The average molecular weight is 235 g/mol. The van der Waals surface area contributed by atoms with Gasteiger partial charge in [0.2, 0.25) is 0 Å². The maximum atomic E-state index is 11.4. The largest absolute Gasteiger partial charge is 0.465 e. The SMILES string of the molecule is COC(=O)c1cc([N+](=O)[O-])ccc1C#CCO. The minimum absolute atomic E-state index is 0.00245. The zero-order chi connectivity index (χ0) is 12.8. The Bertz CT molecular complexity index is 512. The summed E-state index contributed by atoms with van der Waals surface area (Å²) >= 11 is 0. The molecule has 1 N–H and O–H groups in total. The van der Waals surface area contributed by atoms with Crippen molar-refractivity contribution >= 4 is 11.7 Å². The lowest BCUT2D eigenvalue weighted by Crippen LogP contribution is -2.05. The number of carbonyl (C=O) groups excluding carboxylic acids is 1. The number of aliphatic hydroxyl groups excluding tert-OH is 1. The zero-order valence-corrected chi connectivity index (χ0v) is 8.97. The van der Waals surface area contributed by atoms with Gasteiger partial charge in [0.15, 0.2) is 0 Å². The van der Waals surface area contributed by atoms with Crippen LogP contribution < -0.4 is 0 Å². The highest BCUT2D eigenvalue weighted by Crippen LogP contribution is 2.18. The normalized spacial score (nSPS) is 9.06. The van der Waals surface area contributed by atoms with Gasteiger partial charge in [0.1, 0.15) is 6.61 Å². The molecule has 6 heteroatoms. The van der Waals surface area contributed by atoms with Crippen LogP contribution in [-0.4, -0.2) is 29.7 Å². The first kappa shape index (κ1) is 12.7. The Morgan fingerprint density at radius 1 is 1.59 bits per heavy atom. The molecule has 0 heterocycles. The first-order valence-corrected chi connectivity index (χ1v) is 4.56. The summed E-state index contributed by atoms with van der Waals surface area (Å²) < 4.78 is 4.50. The minimum atomic E-state index is -0.712. The molecule has 0 amide bonds. The van der Waals surface area contributed by atoms with Crippen molar-refractivity contribution in [1.82, 2.24) is 0 Å². The van der Waals surface area contributed by atoms with E-state index in [0.717, 1.165) is 6.07 Å². The van der Waals surface area contributed by atoms with Crippen molar-refractivity contribution in [1.29, 1.82) is 0 Å². The molecule has 1 rings (SSSR count). The van der Waals surface area contributed by atoms with Gasteiger partial charge in [-0.2, -0.15) is 0 Å². The van der Waals surface area contributed by atoms with E-state index in [1.165, 1.54) is 19.2 Å². The van der Waals surface area contributed by atoms with E-state index in [9.17, 15) is 14.9 Å². The second-order valence-electron chi connectivity index (χ2n) is 2.94. The Morgan fingerprint density at radius 2 is 2.29 bits per heavy atom. The lowest BCUT2D eigenvalue weighted by molar-refractivity contribution is -0.384. The molecule has 0 saturated carbocycles. The van der Waals surface area contributed by atoms with Gasteiger partial charge in [0.25, 0.3) is 5.69 Å². The molecule has 0 saturated heterocycles. The molecular formula is C11H9NO5. The van der Waals surface area contributed by atoms with Crippen LogP contribution in [0.15, 0.2) is 18.2 Å². The highest BCUT2D eigenvalue weighted by Gasteiger charge is 2.15. The van der Waals surface area contributed by atoms with E-state index in [4.69, 9.17) is 5.11 Å². The number of ether oxygens (including phenoxy) is 1. The van der Waals surface area contributed by atoms with Crippen molar-refractivity contribution in [3.63, 3.8) is 0 Å². The van der Waals surface area contributed by atoms with Gasteiger partial charge >= 0.3 is 5.97 Å². The number of nitrogens with zero attached hydrogens (tertiary/aromatic N) is 1. The zero-order valence-electron chi connectivity index (χ0n) is 8.97. The van der Waals surface area contributed by atoms with Gasteiger partial charge in [-0.1, -0.05) is 11.8 Å². The quantitative estimate of drug-likeness (QED) is 0.353. The number of benzene rings is 1. The van der Waals surface area contributed by atoms with Gasteiger partial charge in [-0.15, -0.1) is 0 Å².